The summed E-state index contributed by atoms with van der Waals surface area (Å²) in [6.45, 7) is 0. The van der Waals surface area contributed by atoms with Gasteiger partial charge in [0.2, 0.25) is 5.91 Å². The Morgan fingerprint density at radius 1 is 1.42 bits per heavy atom. The monoisotopic (exact) mass is 388 g/mol. The zero-order chi connectivity index (χ0) is 19.0. The quantitative estimate of drug-likeness (QED) is 0.732. The van der Waals surface area contributed by atoms with Crippen LogP contribution in [0.15, 0.2) is 50.5 Å². The molecular formula is C16H12N4O4S2. The van der Waals surface area contributed by atoms with Crippen LogP contribution in [0.4, 0.5) is 0 Å². The van der Waals surface area contributed by atoms with E-state index in [9.17, 15) is 19.6 Å². The van der Waals surface area contributed by atoms with Gasteiger partial charge in [-0.05, 0) is 11.4 Å². The van der Waals surface area contributed by atoms with E-state index in [-0.39, 0.29) is 26.9 Å². The molecule has 0 saturated carbocycles. The minimum absolute atomic E-state index is 0.000590. The highest BCUT2D eigenvalue weighted by Gasteiger charge is 2.43. The first kappa shape index (κ1) is 17.8. The van der Waals surface area contributed by atoms with Crippen molar-refractivity contribution in [3.63, 3.8) is 0 Å². The lowest BCUT2D eigenvalue weighted by Crippen LogP contribution is -2.42. The number of ether oxygens (including phenoxy) is 1. The number of carbonyl (C=O) groups excluding carboxylic acids is 3. The Kier molecular flexibility index (Phi) is 4.58. The fraction of sp³-hybridized carbons (Fsp3) is 0.125. The van der Waals surface area contributed by atoms with Crippen LogP contribution in [0.5, 0.6) is 0 Å². The van der Waals surface area contributed by atoms with Gasteiger partial charge >= 0.3 is 5.97 Å². The third-order valence-corrected chi connectivity index (χ3v) is 5.85. The smallest absolute Gasteiger partial charge is 0.344 e. The molecule has 1 unspecified atom stereocenters. The zero-order valence-corrected chi connectivity index (χ0v) is 15.0. The van der Waals surface area contributed by atoms with E-state index in [1.165, 1.54) is 18.4 Å². The van der Waals surface area contributed by atoms with E-state index in [1.54, 1.807) is 17.5 Å². The normalized spacial score (nSPS) is 19.7. The van der Waals surface area contributed by atoms with Crippen molar-refractivity contribution < 1.29 is 19.1 Å². The highest BCUT2D eigenvalue weighted by molar-refractivity contribution is 8.07. The fourth-order valence-electron chi connectivity index (χ4n) is 2.71. The topological polar surface area (TPSA) is 140 Å². The van der Waals surface area contributed by atoms with E-state index in [0.717, 1.165) is 22.7 Å². The first-order valence-corrected chi connectivity index (χ1v) is 8.89. The molecule has 2 aliphatic rings. The number of thiophene rings is 1. The van der Waals surface area contributed by atoms with Gasteiger partial charge in [-0.25, -0.2) is 4.79 Å². The molecule has 0 radical (unpaired) electrons. The number of nitriles is 1. The number of esters is 1. The molecule has 0 saturated heterocycles. The predicted molar refractivity (Wildman–Crippen MR) is 94.6 cm³/mol. The van der Waals surface area contributed by atoms with Crippen molar-refractivity contribution in [2.75, 3.05) is 7.11 Å². The molecule has 0 aliphatic carbocycles. The lowest BCUT2D eigenvalue weighted by molar-refractivity contribution is -0.135. The summed E-state index contributed by atoms with van der Waals surface area (Å²) in [7, 11) is 1.18. The van der Waals surface area contributed by atoms with E-state index < -0.39 is 23.7 Å². The summed E-state index contributed by atoms with van der Waals surface area (Å²) in [6.07, 6.45) is 1.05. The van der Waals surface area contributed by atoms with Gasteiger partial charge < -0.3 is 16.2 Å². The third kappa shape index (κ3) is 2.67. The molecular weight excluding hydrogens is 376 g/mol. The molecule has 3 rings (SSSR count). The second-order valence-electron chi connectivity index (χ2n) is 5.22. The third-order valence-electron chi connectivity index (χ3n) is 3.81. The molecule has 0 aromatic carbocycles. The number of nitrogens with zero attached hydrogens (tertiary/aromatic N) is 2. The summed E-state index contributed by atoms with van der Waals surface area (Å²) >= 11 is 2.18. The molecule has 3 heterocycles. The van der Waals surface area contributed by atoms with Gasteiger partial charge in [0.1, 0.15) is 10.7 Å². The van der Waals surface area contributed by atoms with Crippen molar-refractivity contribution in [2.45, 2.75) is 5.92 Å². The minimum Gasteiger partial charge on any atom is -0.465 e. The summed E-state index contributed by atoms with van der Waals surface area (Å²) < 4.78 is 4.65. The van der Waals surface area contributed by atoms with Crippen LogP contribution in [0.3, 0.4) is 0 Å². The molecule has 8 nitrogen and oxygen atoms in total. The van der Waals surface area contributed by atoms with E-state index >= 15 is 0 Å². The van der Waals surface area contributed by atoms with Crippen LogP contribution < -0.4 is 11.5 Å². The molecule has 26 heavy (non-hydrogen) atoms. The fourth-order valence-corrected chi connectivity index (χ4v) is 4.69. The number of primary amides is 1. The number of allylic oxidation sites excluding steroid dienone is 1. The summed E-state index contributed by atoms with van der Waals surface area (Å²) in [5.41, 5.74) is 11.7. The Hall–Kier alpha value is -3.03. The van der Waals surface area contributed by atoms with E-state index in [1.807, 2.05) is 6.07 Å². The first-order chi connectivity index (χ1) is 12.4. The highest BCUT2D eigenvalue weighted by atomic mass is 32.2. The SMILES string of the molecule is COC(=O)C1=CC(=O)N2C(N)=C(C#N)C(c3cccs3)C(C(N)=O)=C2S1. The Bertz CT molecular complexity index is 953. The van der Waals surface area contributed by atoms with Crippen LogP contribution in [0.2, 0.25) is 0 Å². The van der Waals surface area contributed by atoms with Crippen LogP contribution >= 0.6 is 23.1 Å². The summed E-state index contributed by atoms with van der Waals surface area (Å²) in [6, 6.07) is 5.48. The van der Waals surface area contributed by atoms with Crippen molar-refractivity contribution in [3.8, 4) is 6.07 Å². The van der Waals surface area contributed by atoms with Crippen LogP contribution in [0.25, 0.3) is 0 Å². The Balaban J connectivity index is 2.28. The molecule has 132 valence electrons. The minimum atomic E-state index is -0.810. The maximum Gasteiger partial charge on any atom is 0.344 e. The second-order valence-corrected chi connectivity index (χ2v) is 7.23. The highest BCUT2D eigenvalue weighted by Crippen LogP contribution is 2.48. The van der Waals surface area contributed by atoms with Gasteiger partial charge in [0, 0.05) is 11.0 Å². The first-order valence-electron chi connectivity index (χ1n) is 7.19. The van der Waals surface area contributed by atoms with E-state index in [0.29, 0.717) is 4.88 Å². The molecule has 0 fully saturated rings. The lowest BCUT2D eigenvalue weighted by atomic mass is 9.87. The Morgan fingerprint density at radius 2 is 2.15 bits per heavy atom. The number of amides is 2. The number of hydrogen-bond acceptors (Lipinski definition) is 8. The van der Waals surface area contributed by atoms with Crippen LogP contribution in [0.1, 0.15) is 10.8 Å². The van der Waals surface area contributed by atoms with Crippen LogP contribution in [-0.4, -0.2) is 29.8 Å². The van der Waals surface area contributed by atoms with Crippen molar-refractivity contribution in [3.05, 3.63) is 55.4 Å². The molecule has 10 heteroatoms. The van der Waals surface area contributed by atoms with Gasteiger partial charge in [-0.15, -0.1) is 11.3 Å². The van der Waals surface area contributed by atoms with E-state index in [4.69, 9.17) is 11.5 Å². The second kappa shape index (κ2) is 6.70. The van der Waals surface area contributed by atoms with Crippen molar-refractivity contribution in [1.82, 2.24) is 4.90 Å². The molecule has 1 atom stereocenters. The van der Waals surface area contributed by atoms with E-state index in [2.05, 4.69) is 4.74 Å². The van der Waals surface area contributed by atoms with Gasteiger partial charge in [0.25, 0.3) is 5.91 Å². The average molecular weight is 388 g/mol. The summed E-state index contributed by atoms with van der Waals surface area (Å²) in [4.78, 5) is 38.3. The van der Waals surface area contributed by atoms with Crippen molar-refractivity contribution in [1.29, 1.82) is 5.26 Å². The standard InChI is InChI=1S/C16H12N4O4S2/c1-24-16(23)9-5-10(21)20-13(18)7(6-17)11(8-3-2-4-25-8)12(14(19)22)15(20)26-9/h2-5,11H,18H2,1H3,(H2,19,22). The number of fused-ring (bicyclic) bond motifs is 1. The van der Waals surface area contributed by atoms with Gasteiger partial charge in [-0.3, -0.25) is 14.5 Å². The Labute approximate surface area is 156 Å². The van der Waals surface area contributed by atoms with Crippen LogP contribution in [0, 0.1) is 11.3 Å². The zero-order valence-electron chi connectivity index (χ0n) is 13.4. The number of carbonyl (C=O) groups is 3. The molecule has 2 aliphatic heterocycles. The average Bonchev–Trinajstić information content (AvgIpc) is 3.14. The van der Waals surface area contributed by atoms with Gasteiger partial charge in [0.05, 0.1) is 35.3 Å². The number of rotatable bonds is 3. The van der Waals surface area contributed by atoms with Gasteiger partial charge in [-0.1, -0.05) is 17.8 Å². The lowest BCUT2D eigenvalue weighted by Gasteiger charge is -2.36. The molecule has 1 aromatic rings. The Morgan fingerprint density at radius 3 is 2.69 bits per heavy atom. The molecule has 2 amide bonds. The molecule has 4 N–H and O–H groups in total. The van der Waals surface area contributed by atoms with Crippen molar-refractivity contribution in [2.24, 2.45) is 11.5 Å². The van der Waals surface area contributed by atoms with Crippen LogP contribution in [-0.2, 0) is 19.1 Å². The number of nitrogens with two attached hydrogens (primary N) is 2. The van der Waals surface area contributed by atoms with Gasteiger partial charge in [-0.2, -0.15) is 5.26 Å². The van der Waals surface area contributed by atoms with Crippen molar-refractivity contribution >= 4 is 40.9 Å². The largest absolute Gasteiger partial charge is 0.465 e. The maximum absolute atomic E-state index is 12.5. The number of thioether (sulfide) groups is 1. The molecule has 0 bridgehead atoms. The maximum atomic E-state index is 12.5. The summed E-state index contributed by atoms with van der Waals surface area (Å²) in [5, 5.41) is 11.5. The molecule has 0 spiro atoms. The predicted octanol–water partition coefficient (Wildman–Crippen LogP) is 0.868. The summed E-state index contributed by atoms with van der Waals surface area (Å²) in [5.74, 6) is -3.09. The number of methoxy groups -OCH3 is 1. The number of hydrogen-bond donors (Lipinski definition) is 2. The molecule has 1 aromatic heterocycles. The van der Waals surface area contributed by atoms with Gasteiger partial charge in [0.15, 0.2) is 0 Å².